The van der Waals surface area contributed by atoms with E-state index in [1.54, 1.807) is 11.3 Å². The van der Waals surface area contributed by atoms with Gasteiger partial charge < -0.3 is 10.4 Å². The molecule has 1 heterocycles. The third-order valence-electron chi connectivity index (χ3n) is 3.05. The van der Waals surface area contributed by atoms with Crippen LogP contribution in [-0.4, -0.2) is 17.1 Å². The minimum atomic E-state index is -0.774. The summed E-state index contributed by atoms with van der Waals surface area (Å²) in [5.74, 6) is -0.774. The number of rotatable bonds is 7. The summed E-state index contributed by atoms with van der Waals surface area (Å²) in [6, 6.07) is 14.7. The van der Waals surface area contributed by atoms with Crippen LogP contribution in [0.25, 0.3) is 0 Å². The van der Waals surface area contributed by atoms with Gasteiger partial charge in [-0.15, -0.1) is 11.3 Å². The summed E-state index contributed by atoms with van der Waals surface area (Å²) >= 11 is 1.57. The summed E-state index contributed by atoms with van der Waals surface area (Å²) in [6.45, 7) is 2.96. The van der Waals surface area contributed by atoms with E-state index in [4.69, 9.17) is 5.11 Å². The normalized spacial score (nSPS) is 12.2. The molecule has 2 rings (SSSR count). The van der Waals surface area contributed by atoms with Crippen LogP contribution in [0.15, 0.2) is 42.5 Å². The Morgan fingerprint density at radius 1 is 1.20 bits per heavy atom. The Balaban J connectivity index is 1.79. The van der Waals surface area contributed by atoms with Crippen molar-refractivity contribution in [2.45, 2.75) is 32.4 Å². The van der Waals surface area contributed by atoms with Gasteiger partial charge in [-0.2, -0.15) is 0 Å². The lowest BCUT2D eigenvalue weighted by atomic mass is 10.1. The van der Waals surface area contributed by atoms with Gasteiger partial charge in [0.2, 0.25) is 0 Å². The minimum Gasteiger partial charge on any atom is -0.481 e. The van der Waals surface area contributed by atoms with Crippen molar-refractivity contribution in [2.24, 2.45) is 0 Å². The third-order valence-corrected chi connectivity index (χ3v) is 4.14. The average Bonchev–Trinajstić information content (AvgIpc) is 2.84. The molecule has 0 radical (unpaired) electrons. The zero-order valence-corrected chi connectivity index (χ0v) is 12.3. The number of thiophene rings is 1. The van der Waals surface area contributed by atoms with Crippen molar-refractivity contribution in [1.82, 2.24) is 5.32 Å². The molecule has 2 aromatic rings. The van der Waals surface area contributed by atoms with Crippen LogP contribution in [0.4, 0.5) is 0 Å². The number of benzene rings is 1. The van der Waals surface area contributed by atoms with Crippen LogP contribution in [0.3, 0.4) is 0 Å². The molecule has 0 spiro atoms. The van der Waals surface area contributed by atoms with Crippen molar-refractivity contribution in [3.05, 3.63) is 57.8 Å². The minimum absolute atomic E-state index is 0.115. The topological polar surface area (TPSA) is 49.3 Å². The first-order chi connectivity index (χ1) is 9.63. The van der Waals surface area contributed by atoms with Gasteiger partial charge in [-0.3, -0.25) is 4.79 Å². The van der Waals surface area contributed by atoms with Gasteiger partial charge in [-0.1, -0.05) is 30.3 Å². The van der Waals surface area contributed by atoms with Crippen LogP contribution in [0.2, 0.25) is 0 Å². The fraction of sp³-hybridized carbons (Fsp3) is 0.312. The predicted molar refractivity (Wildman–Crippen MR) is 82.1 cm³/mol. The van der Waals surface area contributed by atoms with Crippen LogP contribution < -0.4 is 5.32 Å². The number of carbonyl (C=O) groups is 1. The Labute approximate surface area is 123 Å². The summed E-state index contributed by atoms with van der Waals surface area (Å²) < 4.78 is 0. The maximum Gasteiger partial charge on any atom is 0.308 e. The molecule has 1 aromatic heterocycles. The lowest BCUT2D eigenvalue weighted by Gasteiger charge is -2.13. The SMILES string of the molecule is CC(Cc1ccccc1)NCc1ccc(CC(=O)O)s1. The Kier molecular flexibility index (Phi) is 5.32. The van der Waals surface area contributed by atoms with E-state index in [1.807, 2.05) is 18.2 Å². The van der Waals surface area contributed by atoms with Crippen molar-refractivity contribution in [2.75, 3.05) is 0 Å². The highest BCUT2D eigenvalue weighted by molar-refractivity contribution is 7.12. The molecule has 4 heteroatoms. The van der Waals surface area contributed by atoms with Gasteiger partial charge in [0, 0.05) is 22.3 Å². The molecule has 3 nitrogen and oxygen atoms in total. The zero-order valence-electron chi connectivity index (χ0n) is 11.5. The summed E-state index contributed by atoms with van der Waals surface area (Å²) in [5.41, 5.74) is 1.32. The molecule has 1 unspecified atom stereocenters. The van der Waals surface area contributed by atoms with Gasteiger partial charge in [-0.25, -0.2) is 0 Å². The first kappa shape index (κ1) is 14.8. The Morgan fingerprint density at radius 2 is 1.90 bits per heavy atom. The van der Waals surface area contributed by atoms with Crippen molar-refractivity contribution >= 4 is 17.3 Å². The lowest BCUT2D eigenvalue weighted by molar-refractivity contribution is -0.136. The number of hydrogen-bond donors (Lipinski definition) is 2. The summed E-state index contributed by atoms with van der Waals surface area (Å²) in [4.78, 5) is 12.7. The van der Waals surface area contributed by atoms with Crippen molar-refractivity contribution in [3.8, 4) is 0 Å². The maximum atomic E-state index is 10.6. The number of carboxylic acid groups (broad SMARTS) is 1. The molecule has 0 amide bonds. The standard InChI is InChI=1S/C16H19NO2S/c1-12(9-13-5-3-2-4-6-13)17-11-15-8-7-14(20-15)10-16(18)19/h2-8,12,17H,9-11H2,1H3,(H,18,19). The fourth-order valence-electron chi connectivity index (χ4n) is 2.08. The number of nitrogens with one attached hydrogen (secondary N) is 1. The monoisotopic (exact) mass is 289 g/mol. The van der Waals surface area contributed by atoms with Crippen LogP contribution in [0.1, 0.15) is 22.2 Å². The smallest absolute Gasteiger partial charge is 0.308 e. The number of carboxylic acids is 1. The highest BCUT2D eigenvalue weighted by Crippen LogP contribution is 2.17. The molecule has 2 N–H and O–H groups in total. The molecule has 0 aliphatic heterocycles. The first-order valence-electron chi connectivity index (χ1n) is 6.70. The molecular weight excluding hydrogens is 270 g/mol. The zero-order chi connectivity index (χ0) is 14.4. The molecule has 106 valence electrons. The van der Waals surface area contributed by atoms with Gasteiger partial charge in [0.15, 0.2) is 0 Å². The molecule has 1 atom stereocenters. The molecule has 20 heavy (non-hydrogen) atoms. The quantitative estimate of drug-likeness (QED) is 0.823. The Hall–Kier alpha value is -1.65. The Morgan fingerprint density at radius 3 is 2.60 bits per heavy atom. The van der Waals surface area contributed by atoms with Gasteiger partial charge in [0.1, 0.15) is 0 Å². The van der Waals surface area contributed by atoms with Crippen LogP contribution in [0, 0.1) is 0 Å². The van der Waals surface area contributed by atoms with E-state index in [0.717, 1.165) is 17.8 Å². The molecule has 0 bridgehead atoms. The van der Waals surface area contributed by atoms with E-state index >= 15 is 0 Å². The molecular formula is C16H19NO2S. The van der Waals surface area contributed by atoms with Crippen LogP contribution >= 0.6 is 11.3 Å². The summed E-state index contributed by atoms with van der Waals surface area (Å²) in [7, 11) is 0. The Bertz CT molecular complexity index is 551. The average molecular weight is 289 g/mol. The second-order valence-electron chi connectivity index (χ2n) is 4.91. The lowest BCUT2D eigenvalue weighted by Crippen LogP contribution is -2.27. The first-order valence-corrected chi connectivity index (χ1v) is 7.52. The van der Waals surface area contributed by atoms with Gasteiger partial charge in [0.05, 0.1) is 6.42 Å². The number of aliphatic carboxylic acids is 1. The number of hydrogen-bond acceptors (Lipinski definition) is 3. The maximum absolute atomic E-state index is 10.6. The molecule has 0 aliphatic rings. The van der Waals surface area contributed by atoms with Gasteiger partial charge in [-0.05, 0) is 31.0 Å². The largest absolute Gasteiger partial charge is 0.481 e. The molecule has 0 fully saturated rings. The van der Waals surface area contributed by atoms with Crippen molar-refractivity contribution in [1.29, 1.82) is 0 Å². The summed E-state index contributed by atoms with van der Waals surface area (Å²) in [5, 5.41) is 12.2. The van der Waals surface area contributed by atoms with Gasteiger partial charge >= 0.3 is 5.97 Å². The predicted octanol–water partition coefficient (Wildman–Crippen LogP) is 3.10. The van der Waals surface area contributed by atoms with Gasteiger partial charge in [0.25, 0.3) is 0 Å². The second-order valence-corrected chi connectivity index (χ2v) is 6.16. The molecule has 0 aliphatic carbocycles. The van der Waals surface area contributed by atoms with E-state index in [9.17, 15) is 4.79 Å². The second kappa shape index (κ2) is 7.22. The van der Waals surface area contributed by atoms with E-state index in [-0.39, 0.29) is 6.42 Å². The fourth-order valence-corrected chi connectivity index (χ4v) is 3.04. The molecule has 0 saturated carbocycles. The van der Waals surface area contributed by atoms with Crippen molar-refractivity contribution in [3.63, 3.8) is 0 Å². The van der Waals surface area contributed by atoms with Crippen LogP contribution in [-0.2, 0) is 24.2 Å². The van der Waals surface area contributed by atoms with Crippen LogP contribution in [0.5, 0.6) is 0 Å². The third kappa shape index (κ3) is 4.79. The molecule has 1 aromatic carbocycles. The van der Waals surface area contributed by atoms with E-state index in [0.29, 0.717) is 6.04 Å². The van der Waals surface area contributed by atoms with E-state index in [1.165, 1.54) is 10.4 Å². The molecule has 0 saturated heterocycles. The van der Waals surface area contributed by atoms with E-state index in [2.05, 4.69) is 36.5 Å². The summed E-state index contributed by atoms with van der Waals surface area (Å²) in [6.07, 6.45) is 1.11. The highest BCUT2D eigenvalue weighted by Gasteiger charge is 2.06. The van der Waals surface area contributed by atoms with E-state index < -0.39 is 5.97 Å². The van der Waals surface area contributed by atoms with Crippen molar-refractivity contribution < 1.29 is 9.90 Å². The highest BCUT2D eigenvalue weighted by atomic mass is 32.1.